The summed E-state index contributed by atoms with van der Waals surface area (Å²) in [5.74, 6) is -6.42. The predicted octanol–water partition coefficient (Wildman–Crippen LogP) is 3.76. The summed E-state index contributed by atoms with van der Waals surface area (Å²) in [6.45, 7) is 15.2. The molecule has 6 heterocycles. The number of fused-ring (bicyclic) bond motifs is 2. The number of Topliss-reactive ketones (excluding diaryl/α,β-unsaturated/α-hetero) is 2. The van der Waals surface area contributed by atoms with E-state index in [1.54, 1.807) is 71.9 Å². The number of benzene rings is 3. The first-order chi connectivity index (χ1) is 50.2. The van der Waals surface area contributed by atoms with Crippen molar-refractivity contribution in [1.82, 2.24) is 5.32 Å². The van der Waals surface area contributed by atoms with Crippen LogP contribution >= 0.6 is 21.6 Å². The van der Waals surface area contributed by atoms with Gasteiger partial charge < -0.3 is 127 Å². The average molecular weight is 1540 g/mol. The molecule has 32 nitrogen and oxygen atoms in total. The van der Waals surface area contributed by atoms with Crippen molar-refractivity contribution in [2.24, 2.45) is 11.7 Å². The summed E-state index contributed by atoms with van der Waals surface area (Å²) < 4.78 is 105. The molecular weight excluding hydrogens is 1440 g/mol. The van der Waals surface area contributed by atoms with Gasteiger partial charge in [0.15, 0.2) is 55.2 Å². The molecule has 1 amide bonds. The van der Waals surface area contributed by atoms with E-state index in [-0.39, 0.29) is 96.6 Å². The largest absolute Gasteiger partial charge is 0.507 e. The number of nitrogens with two attached hydrogens (primary N) is 1. The number of carboxylic acid groups (broad SMARTS) is 1. The fourth-order valence-electron chi connectivity index (χ4n) is 14.9. The van der Waals surface area contributed by atoms with E-state index in [0.29, 0.717) is 12.0 Å². The highest BCUT2D eigenvalue weighted by Crippen LogP contribution is 2.49. The summed E-state index contributed by atoms with van der Waals surface area (Å²) in [5, 5.41) is 82.2. The van der Waals surface area contributed by atoms with Crippen LogP contribution in [0.2, 0.25) is 0 Å². The number of methoxy groups -OCH3 is 2. The molecule has 0 radical (unpaired) electrons. The molecule has 10 N–H and O–H groups in total. The number of ether oxygens (including phenoxy) is 17. The number of carboxylic acids is 1. The van der Waals surface area contributed by atoms with Crippen LogP contribution in [0, 0.1) is 12.8 Å². The van der Waals surface area contributed by atoms with Crippen molar-refractivity contribution in [3.63, 3.8) is 0 Å². The SMILES string of the molecule is CNC(=O)COCCc1cc(C2OC(C)C(C(=O)C(OC)C3Cc4cc5cc(OC6CC(OC7CC(O)C(OC)C(C)O7)C(OC(C)=O)C(C)O6)c(C)c(O)c5c(O)c4C(=O)C3OC3CC(OC4CC(OC5CC(C)(O)C(OC(C)=O)C(C)O5)C(O)C(C)O4)C(O)C(C)O3)O2)ccc1SSCC(N)C(=O)O. The van der Waals surface area contributed by atoms with Gasteiger partial charge >= 0.3 is 17.9 Å². The minimum Gasteiger partial charge on any atom is -0.507 e. The van der Waals surface area contributed by atoms with Crippen LogP contribution in [0.4, 0.5) is 0 Å². The van der Waals surface area contributed by atoms with Crippen LogP contribution in [-0.2, 0) is 113 Å². The van der Waals surface area contributed by atoms with E-state index >= 15 is 9.59 Å². The van der Waals surface area contributed by atoms with Crippen molar-refractivity contribution in [3.05, 3.63) is 58.1 Å². The Morgan fingerprint density at radius 3 is 1.95 bits per heavy atom. The second-order valence-corrected chi connectivity index (χ2v) is 30.7. The number of carbonyl (C=O) groups excluding carboxylic acids is 5. The number of hydrogen-bond donors (Lipinski definition) is 9. The third-order valence-corrected chi connectivity index (χ3v) is 22.8. The first-order valence-electron chi connectivity index (χ1n) is 35.5. The minimum atomic E-state index is -1.70. The summed E-state index contributed by atoms with van der Waals surface area (Å²) in [4.78, 5) is 80.0. The van der Waals surface area contributed by atoms with Gasteiger partial charge in [0.05, 0.1) is 72.5 Å². The zero-order chi connectivity index (χ0) is 77.1. The van der Waals surface area contributed by atoms with Gasteiger partial charge in [-0.15, -0.1) is 0 Å². The molecule has 3 aromatic rings. The van der Waals surface area contributed by atoms with Crippen molar-refractivity contribution in [2.45, 2.75) is 278 Å². The molecule has 7 aliphatic rings. The number of phenolic OH excluding ortho intramolecular Hbond substituents is 2. The Morgan fingerprint density at radius 2 is 1.33 bits per heavy atom. The van der Waals surface area contributed by atoms with E-state index < -0.39 is 206 Å². The number of rotatable bonds is 28. The van der Waals surface area contributed by atoms with E-state index in [1.165, 1.54) is 70.6 Å². The van der Waals surface area contributed by atoms with Gasteiger partial charge in [-0.05, 0) is 109 Å². The molecule has 3 aromatic carbocycles. The second-order valence-electron chi connectivity index (χ2n) is 28.3. The van der Waals surface area contributed by atoms with Crippen LogP contribution in [0.25, 0.3) is 10.8 Å². The smallest absolute Gasteiger partial charge is 0.321 e. The molecule has 34 heteroatoms. The topological polar surface area (TPSA) is 439 Å². The lowest BCUT2D eigenvalue weighted by Gasteiger charge is -2.46. The first kappa shape index (κ1) is 83.0. The predicted molar refractivity (Wildman–Crippen MR) is 372 cm³/mol. The number of amides is 1. The number of aliphatic hydroxyl groups excluding tert-OH is 3. The van der Waals surface area contributed by atoms with Gasteiger partial charge in [-0.2, -0.15) is 0 Å². The molecule has 590 valence electrons. The molecule has 1 aliphatic carbocycles. The maximum Gasteiger partial charge on any atom is 0.321 e. The second kappa shape index (κ2) is 35.7. The van der Waals surface area contributed by atoms with Crippen molar-refractivity contribution < 1.29 is 145 Å². The van der Waals surface area contributed by atoms with Crippen LogP contribution in [0.1, 0.15) is 133 Å². The molecule has 0 aromatic heterocycles. The van der Waals surface area contributed by atoms with Gasteiger partial charge in [-0.25, -0.2) is 0 Å². The number of aromatic hydroxyl groups is 2. The molecule has 0 saturated carbocycles. The zero-order valence-corrected chi connectivity index (χ0v) is 63.0. The Bertz CT molecular complexity index is 3600. The molecular formula is C72H100N2O30S2. The van der Waals surface area contributed by atoms with Crippen LogP contribution in [0.5, 0.6) is 17.2 Å². The summed E-state index contributed by atoms with van der Waals surface area (Å²) >= 11 is 0. The Kier molecular flexibility index (Phi) is 27.9. The van der Waals surface area contributed by atoms with Gasteiger partial charge in [0.2, 0.25) is 12.2 Å². The third-order valence-electron chi connectivity index (χ3n) is 20.3. The van der Waals surface area contributed by atoms with E-state index in [9.17, 15) is 54.9 Å². The highest BCUT2D eigenvalue weighted by molar-refractivity contribution is 8.76. The maximum atomic E-state index is 15.8. The summed E-state index contributed by atoms with van der Waals surface area (Å²) in [7, 11) is 6.75. The Balaban J connectivity index is 0.940. The quantitative estimate of drug-likeness (QED) is 0.0284. The number of carbonyl (C=O) groups is 6. The lowest BCUT2D eigenvalue weighted by molar-refractivity contribution is -0.334. The molecule has 27 unspecified atom stereocenters. The average Bonchev–Trinajstić information content (AvgIpc) is 0.753. The Morgan fingerprint density at radius 1 is 0.726 bits per heavy atom. The number of likely N-dealkylation sites (N-methyl/N-ethyl adjacent to an activating group) is 1. The molecule has 10 rings (SSSR count). The highest BCUT2D eigenvalue weighted by Gasteiger charge is 2.54. The number of aliphatic hydroxyl groups is 4. The van der Waals surface area contributed by atoms with Gasteiger partial charge in [0.25, 0.3) is 0 Å². The lowest BCUT2D eigenvalue weighted by atomic mass is 9.75. The maximum absolute atomic E-state index is 15.8. The molecule has 27 atom stereocenters. The number of phenols is 2. The molecule has 6 saturated heterocycles. The Hall–Kier alpha value is -5.52. The Labute approximate surface area is 621 Å². The monoisotopic (exact) mass is 1540 g/mol. The fourth-order valence-corrected chi connectivity index (χ4v) is 17.3. The zero-order valence-electron chi connectivity index (χ0n) is 61.4. The number of ketones is 2. The van der Waals surface area contributed by atoms with Gasteiger partial charge in [0, 0.05) is 94.9 Å². The highest BCUT2D eigenvalue weighted by atomic mass is 33.1. The standard InChI is InChI=1S/C72H100N2O30S2/c1-29-45(99-53-25-48(65(33(5)94-53)97-36(8)75)102-51-22-44(77)64(88-12)32(4)93-51)21-41-19-40-20-42(67(89-13)63(84)66-34(6)96-71(104-66)39-14-15-49(106-105-28-43(73)70(85)86)38(18-39)16-17-90-27-50(78)74-11)68(62(83)57(40)61(82)56(41)58(29)79)103-54-24-46(59(80)31(3)92-54)100-52-23-47(60(81)30(2)91-52)101-55-26-72(10,87)69(35(7)95-55)98-37(9)76/h14-15,18-19,21,30-35,42-44,46-48,51-55,59-60,64-69,71,77,79-82,87H,16-17,20,22-28,73H2,1-13H3,(H,74,78)(H,85,86). The van der Waals surface area contributed by atoms with Crippen LogP contribution in [-0.4, -0.2) is 264 Å². The van der Waals surface area contributed by atoms with Crippen molar-refractivity contribution in [1.29, 1.82) is 0 Å². The minimum absolute atomic E-state index is 0.0356. The molecule has 0 spiro atoms. The van der Waals surface area contributed by atoms with Gasteiger partial charge in [-0.1, -0.05) is 27.7 Å². The lowest BCUT2D eigenvalue weighted by Crippen LogP contribution is -2.59. The molecule has 106 heavy (non-hydrogen) atoms. The number of nitrogens with one attached hydrogen (secondary N) is 1. The third kappa shape index (κ3) is 19.1. The number of hydrogen-bond acceptors (Lipinski definition) is 32. The van der Waals surface area contributed by atoms with Crippen LogP contribution in [0.15, 0.2) is 35.2 Å². The summed E-state index contributed by atoms with van der Waals surface area (Å²) in [5.41, 5.74) is 5.49. The van der Waals surface area contributed by atoms with E-state index in [2.05, 4.69) is 5.32 Å². The normalized spacial score (nSPS) is 36.1. The van der Waals surface area contributed by atoms with E-state index in [1.807, 2.05) is 0 Å². The van der Waals surface area contributed by atoms with Crippen LogP contribution in [0.3, 0.4) is 0 Å². The van der Waals surface area contributed by atoms with Crippen molar-refractivity contribution in [2.75, 3.05) is 40.2 Å². The van der Waals surface area contributed by atoms with E-state index in [0.717, 1.165) is 10.5 Å². The summed E-state index contributed by atoms with van der Waals surface area (Å²) in [6, 6.07) is 7.29. The van der Waals surface area contributed by atoms with Gasteiger partial charge in [-0.3, -0.25) is 28.8 Å². The number of esters is 2. The molecule has 6 aliphatic heterocycles. The number of aliphatic carboxylic acids is 1. The fraction of sp³-hybridized carbons (Fsp3) is 0.694. The summed E-state index contributed by atoms with van der Waals surface area (Å²) in [6.07, 6.45) is -26.1. The van der Waals surface area contributed by atoms with Gasteiger partial charge in [0.1, 0.15) is 78.2 Å². The molecule has 6 fully saturated rings. The molecule has 0 bridgehead atoms. The first-order valence-corrected chi connectivity index (χ1v) is 37.8. The van der Waals surface area contributed by atoms with Crippen molar-refractivity contribution >= 4 is 67.7 Å². The van der Waals surface area contributed by atoms with E-state index in [4.69, 9.17) is 86.3 Å². The van der Waals surface area contributed by atoms with Crippen molar-refractivity contribution in [3.8, 4) is 17.2 Å². The van der Waals surface area contributed by atoms with Crippen LogP contribution < -0.4 is 15.8 Å².